The van der Waals surface area contributed by atoms with Gasteiger partial charge in [-0.3, -0.25) is 14.5 Å². The molecule has 1 unspecified atom stereocenters. The van der Waals surface area contributed by atoms with Gasteiger partial charge in [0.05, 0.1) is 0 Å². The first-order valence-electron chi connectivity index (χ1n) is 10.0. The Kier molecular flexibility index (Phi) is 5.12. The fraction of sp³-hybridized carbons (Fsp3) is 0.571. The number of carbonyl (C=O) groups excluding carboxylic acids is 3. The topological polar surface area (TPSA) is 69.7 Å². The standard InChI is InChI=1S/C21H27N3O3S/c1-14(2)16-3-5-17(6-4-16)23-12-15(11-18(23)25)13-24-19(26)21(22-20(24)27)7-9-28-10-8-21/h3-6,14-15H,7-13H2,1-2H3,(H,22,27). The van der Waals surface area contributed by atoms with E-state index in [2.05, 4.69) is 31.3 Å². The van der Waals surface area contributed by atoms with Crippen molar-refractivity contribution in [1.82, 2.24) is 10.2 Å². The number of anilines is 1. The normalized spacial score (nSPS) is 24.5. The van der Waals surface area contributed by atoms with Gasteiger partial charge in [0.2, 0.25) is 5.91 Å². The van der Waals surface area contributed by atoms with Crippen LogP contribution in [0.15, 0.2) is 24.3 Å². The number of benzene rings is 1. The molecular formula is C21H27N3O3S. The molecule has 6 nitrogen and oxygen atoms in total. The highest BCUT2D eigenvalue weighted by Gasteiger charge is 2.52. The predicted molar refractivity (Wildman–Crippen MR) is 111 cm³/mol. The van der Waals surface area contributed by atoms with Crippen LogP contribution in [0.2, 0.25) is 0 Å². The van der Waals surface area contributed by atoms with Crippen LogP contribution >= 0.6 is 11.8 Å². The number of hydrogen-bond acceptors (Lipinski definition) is 4. The molecule has 0 aliphatic carbocycles. The maximum atomic E-state index is 12.9. The minimum absolute atomic E-state index is 0.0277. The predicted octanol–water partition coefficient (Wildman–Crippen LogP) is 2.98. The van der Waals surface area contributed by atoms with Gasteiger partial charge in [-0.1, -0.05) is 26.0 Å². The molecule has 1 N–H and O–H groups in total. The minimum atomic E-state index is -0.711. The van der Waals surface area contributed by atoms with Crippen molar-refractivity contribution in [3.63, 3.8) is 0 Å². The minimum Gasteiger partial charge on any atom is -0.323 e. The molecule has 0 bridgehead atoms. The zero-order chi connectivity index (χ0) is 19.9. The van der Waals surface area contributed by atoms with Gasteiger partial charge < -0.3 is 10.2 Å². The quantitative estimate of drug-likeness (QED) is 0.788. The second kappa shape index (κ2) is 7.43. The first-order chi connectivity index (χ1) is 13.4. The van der Waals surface area contributed by atoms with E-state index < -0.39 is 5.54 Å². The van der Waals surface area contributed by atoms with Crippen LogP contribution in [0.3, 0.4) is 0 Å². The molecule has 3 aliphatic heterocycles. The summed E-state index contributed by atoms with van der Waals surface area (Å²) < 4.78 is 0. The average Bonchev–Trinajstić information content (AvgIpc) is 3.15. The third-order valence-electron chi connectivity index (χ3n) is 6.11. The third-order valence-corrected chi connectivity index (χ3v) is 7.10. The molecule has 7 heteroatoms. The number of nitrogens with one attached hydrogen (secondary N) is 1. The smallest absolute Gasteiger partial charge is 0.323 e. The van der Waals surface area contributed by atoms with Crippen LogP contribution in [0, 0.1) is 5.92 Å². The average molecular weight is 402 g/mol. The van der Waals surface area contributed by atoms with E-state index in [4.69, 9.17) is 0 Å². The van der Waals surface area contributed by atoms with Crippen molar-refractivity contribution in [2.24, 2.45) is 5.92 Å². The summed E-state index contributed by atoms with van der Waals surface area (Å²) in [5.41, 5.74) is 1.41. The number of amides is 4. The Bertz CT molecular complexity index is 787. The number of imide groups is 1. The van der Waals surface area contributed by atoms with Crippen molar-refractivity contribution >= 4 is 35.3 Å². The van der Waals surface area contributed by atoms with Gasteiger partial charge in [0.15, 0.2) is 0 Å². The number of hydrogen-bond donors (Lipinski definition) is 1. The van der Waals surface area contributed by atoms with Crippen molar-refractivity contribution < 1.29 is 14.4 Å². The van der Waals surface area contributed by atoms with Gasteiger partial charge in [0.1, 0.15) is 5.54 Å². The van der Waals surface area contributed by atoms with Gasteiger partial charge in [0, 0.05) is 31.1 Å². The van der Waals surface area contributed by atoms with Gasteiger partial charge in [-0.05, 0) is 48.0 Å². The van der Waals surface area contributed by atoms with Crippen LogP contribution in [0.4, 0.5) is 10.5 Å². The summed E-state index contributed by atoms with van der Waals surface area (Å²) in [6.07, 6.45) is 1.75. The van der Waals surface area contributed by atoms with Crippen molar-refractivity contribution in [2.45, 2.75) is 44.6 Å². The fourth-order valence-electron chi connectivity index (χ4n) is 4.35. The monoisotopic (exact) mass is 401 g/mol. The Morgan fingerprint density at radius 3 is 2.46 bits per heavy atom. The van der Waals surface area contributed by atoms with E-state index in [0.29, 0.717) is 38.3 Å². The molecule has 1 atom stereocenters. The number of urea groups is 1. The summed E-state index contributed by atoms with van der Waals surface area (Å²) in [6, 6.07) is 7.78. The second-order valence-electron chi connectivity index (χ2n) is 8.36. The van der Waals surface area contributed by atoms with E-state index in [9.17, 15) is 14.4 Å². The molecule has 150 valence electrons. The fourth-order valence-corrected chi connectivity index (χ4v) is 5.54. The number of carbonyl (C=O) groups is 3. The molecule has 4 rings (SSSR count). The molecule has 1 spiro atoms. The molecule has 0 radical (unpaired) electrons. The highest BCUT2D eigenvalue weighted by Crippen LogP contribution is 2.34. The first kappa shape index (κ1) is 19.3. The summed E-state index contributed by atoms with van der Waals surface area (Å²) in [7, 11) is 0. The summed E-state index contributed by atoms with van der Waals surface area (Å²) >= 11 is 1.82. The van der Waals surface area contributed by atoms with Crippen LogP contribution in [0.25, 0.3) is 0 Å². The van der Waals surface area contributed by atoms with Crippen molar-refractivity contribution in [1.29, 1.82) is 0 Å². The van der Waals surface area contributed by atoms with Crippen LogP contribution in [-0.4, -0.2) is 52.9 Å². The number of thioether (sulfide) groups is 1. The lowest BCUT2D eigenvalue weighted by atomic mass is 9.92. The largest absolute Gasteiger partial charge is 0.325 e. The molecule has 0 saturated carbocycles. The zero-order valence-corrected chi connectivity index (χ0v) is 17.3. The number of nitrogens with zero attached hydrogens (tertiary/aromatic N) is 2. The van der Waals surface area contributed by atoms with Crippen LogP contribution in [-0.2, 0) is 9.59 Å². The van der Waals surface area contributed by atoms with Crippen molar-refractivity contribution in [3.8, 4) is 0 Å². The zero-order valence-electron chi connectivity index (χ0n) is 16.4. The summed E-state index contributed by atoms with van der Waals surface area (Å²) in [4.78, 5) is 41.1. The molecule has 3 heterocycles. The molecule has 1 aromatic carbocycles. The molecule has 0 aromatic heterocycles. The summed E-state index contributed by atoms with van der Waals surface area (Å²) in [6.45, 7) is 5.13. The van der Waals surface area contributed by atoms with Gasteiger partial charge in [-0.15, -0.1) is 0 Å². The molecule has 28 heavy (non-hydrogen) atoms. The van der Waals surface area contributed by atoms with E-state index in [0.717, 1.165) is 17.2 Å². The lowest BCUT2D eigenvalue weighted by Gasteiger charge is -2.30. The Balaban J connectivity index is 1.43. The molecule has 3 fully saturated rings. The summed E-state index contributed by atoms with van der Waals surface area (Å²) in [5, 5.41) is 2.94. The van der Waals surface area contributed by atoms with E-state index >= 15 is 0 Å². The number of rotatable bonds is 4. The van der Waals surface area contributed by atoms with Gasteiger partial charge in [-0.2, -0.15) is 11.8 Å². The first-order valence-corrected chi connectivity index (χ1v) is 11.2. The summed E-state index contributed by atoms with van der Waals surface area (Å²) in [5.74, 6) is 2.15. The second-order valence-corrected chi connectivity index (χ2v) is 9.59. The molecular weight excluding hydrogens is 374 g/mol. The maximum absolute atomic E-state index is 12.9. The lowest BCUT2D eigenvalue weighted by molar-refractivity contribution is -0.132. The van der Waals surface area contributed by atoms with Crippen LogP contribution in [0.1, 0.15) is 44.6 Å². The van der Waals surface area contributed by atoms with E-state index in [-0.39, 0.29) is 23.8 Å². The molecule has 4 amide bonds. The molecule has 3 aliphatic rings. The Labute approximate surface area is 170 Å². The van der Waals surface area contributed by atoms with Gasteiger partial charge in [0.25, 0.3) is 5.91 Å². The van der Waals surface area contributed by atoms with E-state index in [1.807, 2.05) is 23.9 Å². The van der Waals surface area contributed by atoms with Crippen molar-refractivity contribution in [2.75, 3.05) is 29.5 Å². The maximum Gasteiger partial charge on any atom is 0.325 e. The molecule has 1 aromatic rings. The Morgan fingerprint density at radius 2 is 1.82 bits per heavy atom. The van der Waals surface area contributed by atoms with Gasteiger partial charge >= 0.3 is 6.03 Å². The highest BCUT2D eigenvalue weighted by atomic mass is 32.2. The van der Waals surface area contributed by atoms with Gasteiger partial charge in [-0.25, -0.2) is 4.79 Å². The Morgan fingerprint density at radius 1 is 1.14 bits per heavy atom. The third kappa shape index (κ3) is 3.41. The SMILES string of the molecule is CC(C)c1ccc(N2CC(CN3C(=O)NC4(CCSCC4)C3=O)CC2=O)cc1. The highest BCUT2D eigenvalue weighted by molar-refractivity contribution is 7.99. The Hall–Kier alpha value is -2.02. The van der Waals surface area contributed by atoms with E-state index in [1.54, 1.807) is 4.90 Å². The molecule has 3 saturated heterocycles. The van der Waals surface area contributed by atoms with Crippen LogP contribution in [0.5, 0.6) is 0 Å². The van der Waals surface area contributed by atoms with E-state index in [1.165, 1.54) is 10.5 Å². The van der Waals surface area contributed by atoms with Crippen molar-refractivity contribution in [3.05, 3.63) is 29.8 Å². The lowest BCUT2D eigenvalue weighted by Crippen LogP contribution is -2.49. The van der Waals surface area contributed by atoms with Crippen LogP contribution < -0.4 is 10.2 Å².